The quantitative estimate of drug-likeness (QED) is 0.535. The van der Waals surface area contributed by atoms with Gasteiger partial charge in [0.25, 0.3) is 11.8 Å². The Balaban J connectivity index is 1.47. The van der Waals surface area contributed by atoms with Gasteiger partial charge in [0.1, 0.15) is 0 Å². The summed E-state index contributed by atoms with van der Waals surface area (Å²) in [5.41, 5.74) is 4.01. The first-order valence-corrected chi connectivity index (χ1v) is 7.85. The van der Waals surface area contributed by atoms with Crippen molar-refractivity contribution in [3.8, 4) is 0 Å². The van der Waals surface area contributed by atoms with Gasteiger partial charge in [0.15, 0.2) is 0 Å². The predicted molar refractivity (Wildman–Crippen MR) is 93.9 cm³/mol. The van der Waals surface area contributed by atoms with Crippen LogP contribution in [-0.4, -0.2) is 29.9 Å². The van der Waals surface area contributed by atoms with Crippen molar-refractivity contribution >= 4 is 22.7 Å². The fraction of sp³-hybridized carbons (Fsp3) is 0.105. The number of rotatable bonds is 6. The summed E-state index contributed by atoms with van der Waals surface area (Å²) >= 11 is 0. The summed E-state index contributed by atoms with van der Waals surface area (Å²) in [6.07, 6.45) is 1.65. The number of hydrogen-bond acceptors (Lipinski definition) is 4. The Morgan fingerprint density at radius 1 is 0.920 bits per heavy atom. The maximum Gasteiger partial charge on any atom is 0.274 e. The zero-order valence-electron chi connectivity index (χ0n) is 13.4. The summed E-state index contributed by atoms with van der Waals surface area (Å²) in [6.45, 7) is 0.416. The van der Waals surface area contributed by atoms with Gasteiger partial charge in [-0.15, -0.1) is 0 Å². The first-order chi connectivity index (χ1) is 12.3. The van der Waals surface area contributed by atoms with E-state index in [4.69, 9.17) is 4.84 Å². The number of carbonyl (C=O) groups is 2. The maximum atomic E-state index is 12.3. The van der Waals surface area contributed by atoms with E-state index in [1.54, 1.807) is 36.5 Å². The smallest absolute Gasteiger partial charge is 0.274 e. The third-order valence-corrected chi connectivity index (χ3v) is 3.57. The third kappa shape index (κ3) is 4.19. The Bertz CT molecular complexity index is 876. The van der Waals surface area contributed by atoms with Crippen molar-refractivity contribution in [2.45, 2.75) is 0 Å². The number of hydrogen-bond donors (Lipinski definition) is 2. The molecule has 0 saturated heterocycles. The van der Waals surface area contributed by atoms with Gasteiger partial charge >= 0.3 is 0 Å². The molecular weight excluding hydrogens is 318 g/mol. The van der Waals surface area contributed by atoms with Crippen LogP contribution in [0.25, 0.3) is 10.9 Å². The van der Waals surface area contributed by atoms with E-state index in [1.807, 2.05) is 30.3 Å². The second kappa shape index (κ2) is 8.03. The molecular formula is C19H17N3O3. The van der Waals surface area contributed by atoms with E-state index in [9.17, 15) is 9.59 Å². The van der Waals surface area contributed by atoms with E-state index in [0.29, 0.717) is 16.6 Å². The number of para-hydroxylation sites is 1. The first kappa shape index (κ1) is 16.6. The van der Waals surface area contributed by atoms with Crippen LogP contribution in [0.15, 0.2) is 66.9 Å². The summed E-state index contributed by atoms with van der Waals surface area (Å²) in [6, 6.07) is 17.9. The number of fused-ring (bicyclic) bond motifs is 1. The number of pyridine rings is 1. The van der Waals surface area contributed by atoms with E-state index in [0.717, 1.165) is 5.39 Å². The molecule has 0 aliphatic rings. The highest BCUT2D eigenvalue weighted by Gasteiger charge is 2.10. The zero-order valence-corrected chi connectivity index (χ0v) is 13.4. The molecule has 0 aliphatic carbocycles. The van der Waals surface area contributed by atoms with Crippen molar-refractivity contribution < 1.29 is 14.4 Å². The summed E-state index contributed by atoms with van der Waals surface area (Å²) in [7, 11) is 0. The maximum absolute atomic E-state index is 12.3. The molecule has 2 aromatic carbocycles. The average molecular weight is 335 g/mol. The minimum atomic E-state index is -0.329. The predicted octanol–water partition coefficient (Wildman–Crippen LogP) is 2.33. The molecule has 0 spiro atoms. The Kier molecular flexibility index (Phi) is 5.33. The molecule has 2 amide bonds. The fourth-order valence-electron chi connectivity index (χ4n) is 2.36. The summed E-state index contributed by atoms with van der Waals surface area (Å²) < 4.78 is 0. The van der Waals surface area contributed by atoms with E-state index in [1.165, 1.54) is 0 Å². The van der Waals surface area contributed by atoms with Crippen LogP contribution < -0.4 is 10.8 Å². The first-order valence-electron chi connectivity index (χ1n) is 7.85. The molecule has 0 aliphatic heterocycles. The molecule has 3 aromatic rings. The van der Waals surface area contributed by atoms with Crippen molar-refractivity contribution in [1.82, 2.24) is 15.8 Å². The van der Waals surface area contributed by atoms with Gasteiger partial charge in [-0.1, -0.05) is 36.4 Å². The van der Waals surface area contributed by atoms with Gasteiger partial charge in [-0.3, -0.25) is 19.4 Å². The molecule has 0 bridgehead atoms. The summed E-state index contributed by atoms with van der Waals surface area (Å²) in [5.74, 6) is -0.563. The van der Waals surface area contributed by atoms with E-state index >= 15 is 0 Å². The van der Waals surface area contributed by atoms with Gasteiger partial charge in [0.2, 0.25) is 0 Å². The normalized spacial score (nSPS) is 10.4. The second-order valence-corrected chi connectivity index (χ2v) is 5.28. The van der Waals surface area contributed by atoms with Crippen molar-refractivity contribution in [2.75, 3.05) is 13.2 Å². The minimum absolute atomic E-state index is 0.155. The van der Waals surface area contributed by atoms with E-state index < -0.39 is 0 Å². The lowest BCUT2D eigenvalue weighted by Crippen LogP contribution is -2.31. The van der Waals surface area contributed by atoms with Gasteiger partial charge in [0, 0.05) is 23.7 Å². The molecule has 0 saturated carbocycles. The largest absolute Gasteiger partial charge is 0.350 e. The standard InChI is InChI=1S/C19H17N3O3/c23-18(15-6-2-1-3-7-15)22-25-13-12-21-19(24)16-10-4-8-14-9-5-11-20-17(14)16/h1-11H,12-13H2,(H,21,24)(H,22,23). The van der Waals surface area contributed by atoms with Crippen LogP contribution in [-0.2, 0) is 4.84 Å². The third-order valence-electron chi connectivity index (χ3n) is 3.57. The lowest BCUT2D eigenvalue weighted by atomic mass is 10.1. The minimum Gasteiger partial charge on any atom is -0.350 e. The SMILES string of the molecule is O=C(NOCCNC(=O)c1cccc2cccnc12)c1ccccc1. The number of aromatic nitrogens is 1. The van der Waals surface area contributed by atoms with Crippen LogP contribution in [0.4, 0.5) is 0 Å². The molecule has 6 nitrogen and oxygen atoms in total. The number of nitrogens with zero attached hydrogens (tertiary/aromatic N) is 1. The highest BCUT2D eigenvalue weighted by Crippen LogP contribution is 2.15. The van der Waals surface area contributed by atoms with Gasteiger partial charge in [0.05, 0.1) is 17.7 Å². The Morgan fingerprint density at radius 2 is 1.72 bits per heavy atom. The molecule has 6 heteroatoms. The number of benzene rings is 2. The molecule has 1 aromatic heterocycles. The average Bonchev–Trinajstić information content (AvgIpc) is 2.67. The Hall–Kier alpha value is -3.25. The Labute approximate surface area is 144 Å². The van der Waals surface area contributed by atoms with Crippen molar-refractivity contribution in [3.05, 3.63) is 78.0 Å². The number of amides is 2. The molecule has 0 atom stereocenters. The number of nitrogens with one attached hydrogen (secondary N) is 2. The van der Waals surface area contributed by atoms with Crippen molar-refractivity contribution in [1.29, 1.82) is 0 Å². The molecule has 1 heterocycles. The number of carbonyl (C=O) groups excluding carboxylic acids is 2. The van der Waals surface area contributed by atoms with Crippen LogP contribution in [0.3, 0.4) is 0 Å². The summed E-state index contributed by atoms with van der Waals surface area (Å²) in [4.78, 5) is 33.4. The topological polar surface area (TPSA) is 80.3 Å². The molecule has 126 valence electrons. The van der Waals surface area contributed by atoms with E-state index in [2.05, 4.69) is 15.8 Å². The molecule has 2 N–H and O–H groups in total. The van der Waals surface area contributed by atoms with Crippen LogP contribution in [0.1, 0.15) is 20.7 Å². The van der Waals surface area contributed by atoms with Gasteiger partial charge in [-0.25, -0.2) is 5.48 Å². The molecule has 0 unspecified atom stereocenters. The van der Waals surface area contributed by atoms with Gasteiger partial charge in [-0.05, 0) is 24.3 Å². The van der Waals surface area contributed by atoms with Crippen molar-refractivity contribution in [2.24, 2.45) is 0 Å². The summed E-state index contributed by atoms with van der Waals surface area (Å²) in [5, 5.41) is 3.65. The lowest BCUT2D eigenvalue weighted by molar-refractivity contribution is 0.0323. The van der Waals surface area contributed by atoms with Crippen molar-refractivity contribution in [3.63, 3.8) is 0 Å². The zero-order chi connectivity index (χ0) is 17.5. The van der Waals surface area contributed by atoms with E-state index in [-0.39, 0.29) is 25.0 Å². The monoisotopic (exact) mass is 335 g/mol. The highest BCUT2D eigenvalue weighted by atomic mass is 16.6. The molecule has 0 fully saturated rings. The Morgan fingerprint density at radius 3 is 2.56 bits per heavy atom. The highest BCUT2D eigenvalue weighted by molar-refractivity contribution is 6.05. The van der Waals surface area contributed by atoms with Gasteiger partial charge in [-0.2, -0.15) is 0 Å². The number of hydroxylamine groups is 1. The van der Waals surface area contributed by atoms with Crippen LogP contribution >= 0.6 is 0 Å². The van der Waals surface area contributed by atoms with Crippen LogP contribution in [0.2, 0.25) is 0 Å². The molecule has 25 heavy (non-hydrogen) atoms. The van der Waals surface area contributed by atoms with Crippen LogP contribution in [0.5, 0.6) is 0 Å². The fourth-order valence-corrected chi connectivity index (χ4v) is 2.36. The lowest BCUT2D eigenvalue weighted by Gasteiger charge is -2.08. The van der Waals surface area contributed by atoms with Gasteiger partial charge < -0.3 is 5.32 Å². The van der Waals surface area contributed by atoms with Crippen LogP contribution in [0, 0.1) is 0 Å². The second-order valence-electron chi connectivity index (χ2n) is 5.28. The molecule has 3 rings (SSSR count). The molecule has 0 radical (unpaired) electrons.